The fourth-order valence-corrected chi connectivity index (χ4v) is 3.15. The number of nitrogens with zero attached hydrogens (tertiary/aromatic N) is 3. The molecule has 1 aromatic carbocycles. The fourth-order valence-electron chi connectivity index (χ4n) is 3.15. The number of guanidine groups is 1. The third-order valence-corrected chi connectivity index (χ3v) is 4.85. The Morgan fingerprint density at radius 3 is 2.43 bits per heavy atom. The molecule has 0 saturated heterocycles. The SMILES string of the molecule is CCc1noc(CC)c1CNC(=NC)NCC(c1ccc(OC)cc1)N(C)C. The summed E-state index contributed by atoms with van der Waals surface area (Å²) in [5, 5.41) is 11.0. The molecule has 1 heterocycles. The number of aromatic nitrogens is 1. The first kappa shape index (κ1) is 21.8. The number of aliphatic imine (C=N–C) groups is 1. The van der Waals surface area contributed by atoms with Crippen LogP contribution in [-0.4, -0.2) is 50.8 Å². The summed E-state index contributed by atoms with van der Waals surface area (Å²) < 4.78 is 10.7. The van der Waals surface area contributed by atoms with Crippen molar-refractivity contribution < 1.29 is 9.26 Å². The average Bonchev–Trinajstić information content (AvgIpc) is 3.12. The van der Waals surface area contributed by atoms with Gasteiger partial charge in [-0.3, -0.25) is 4.99 Å². The molecule has 0 radical (unpaired) electrons. The van der Waals surface area contributed by atoms with Gasteiger partial charge in [0.1, 0.15) is 11.5 Å². The Morgan fingerprint density at radius 2 is 1.89 bits per heavy atom. The quantitative estimate of drug-likeness (QED) is 0.509. The van der Waals surface area contributed by atoms with Gasteiger partial charge in [0.2, 0.25) is 0 Å². The normalized spacial score (nSPS) is 12.9. The second-order valence-corrected chi connectivity index (χ2v) is 6.80. The molecule has 0 aliphatic heterocycles. The van der Waals surface area contributed by atoms with E-state index in [0.29, 0.717) is 6.54 Å². The van der Waals surface area contributed by atoms with Crippen LogP contribution in [0.15, 0.2) is 33.8 Å². The Kier molecular flexibility index (Phi) is 8.32. The van der Waals surface area contributed by atoms with Crippen molar-refractivity contribution in [1.82, 2.24) is 20.7 Å². The topological polar surface area (TPSA) is 74.9 Å². The summed E-state index contributed by atoms with van der Waals surface area (Å²) in [6.07, 6.45) is 1.68. The zero-order chi connectivity index (χ0) is 20.5. The minimum Gasteiger partial charge on any atom is -0.497 e. The molecule has 7 heteroatoms. The van der Waals surface area contributed by atoms with E-state index in [0.717, 1.165) is 48.1 Å². The van der Waals surface area contributed by atoms with Crippen molar-refractivity contribution in [3.63, 3.8) is 0 Å². The van der Waals surface area contributed by atoms with E-state index in [2.05, 4.69) is 65.8 Å². The molecule has 7 nitrogen and oxygen atoms in total. The molecule has 0 aliphatic rings. The van der Waals surface area contributed by atoms with Crippen LogP contribution < -0.4 is 15.4 Å². The van der Waals surface area contributed by atoms with Crippen LogP contribution in [0.2, 0.25) is 0 Å². The Hall–Kier alpha value is -2.54. The maximum absolute atomic E-state index is 5.44. The van der Waals surface area contributed by atoms with Gasteiger partial charge >= 0.3 is 0 Å². The summed E-state index contributed by atoms with van der Waals surface area (Å²) in [7, 11) is 7.61. The lowest BCUT2D eigenvalue weighted by molar-refractivity contribution is 0.298. The lowest BCUT2D eigenvalue weighted by atomic mass is 10.1. The number of methoxy groups -OCH3 is 1. The lowest BCUT2D eigenvalue weighted by Gasteiger charge is -2.26. The molecular weight excluding hydrogens is 354 g/mol. The van der Waals surface area contributed by atoms with Gasteiger partial charge in [-0.2, -0.15) is 0 Å². The molecule has 1 aromatic heterocycles. The molecule has 0 bridgehead atoms. The van der Waals surface area contributed by atoms with Crippen LogP contribution in [0.5, 0.6) is 5.75 Å². The second-order valence-electron chi connectivity index (χ2n) is 6.80. The smallest absolute Gasteiger partial charge is 0.191 e. The standard InChI is InChI=1S/C21H33N5O2/c1-7-18-17(20(8-2)28-25-18)13-23-21(22-3)24-14-19(26(4)5)15-9-11-16(27-6)12-10-15/h9-12,19H,7-8,13-14H2,1-6H3,(H2,22,23,24). The van der Waals surface area contributed by atoms with Crippen molar-refractivity contribution in [2.24, 2.45) is 4.99 Å². The van der Waals surface area contributed by atoms with Gasteiger partial charge in [0.15, 0.2) is 5.96 Å². The highest BCUT2D eigenvalue weighted by Gasteiger charge is 2.16. The molecule has 2 rings (SSSR count). The molecule has 0 fully saturated rings. The van der Waals surface area contributed by atoms with E-state index >= 15 is 0 Å². The second kappa shape index (κ2) is 10.7. The summed E-state index contributed by atoms with van der Waals surface area (Å²) in [5.74, 6) is 2.55. The molecular formula is C21H33N5O2. The van der Waals surface area contributed by atoms with Crippen LogP contribution in [0.1, 0.15) is 42.5 Å². The first-order valence-electron chi connectivity index (χ1n) is 9.75. The minimum atomic E-state index is 0.206. The van der Waals surface area contributed by atoms with Crippen LogP contribution in [0.4, 0.5) is 0 Å². The third-order valence-electron chi connectivity index (χ3n) is 4.85. The Balaban J connectivity index is 2.00. The zero-order valence-electron chi connectivity index (χ0n) is 17.9. The van der Waals surface area contributed by atoms with Gasteiger partial charge in [0.05, 0.1) is 18.8 Å². The van der Waals surface area contributed by atoms with E-state index < -0.39 is 0 Å². The van der Waals surface area contributed by atoms with Crippen LogP contribution in [0, 0.1) is 0 Å². The Morgan fingerprint density at radius 1 is 1.18 bits per heavy atom. The van der Waals surface area contributed by atoms with Crippen molar-refractivity contribution in [1.29, 1.82) is 0 Å². The molecule has 2 N–H and O–H groups in total. The summed E-state index contributed by atoms with van der Waals surface area (Å²) in [6, 6.07) is 8.38. The monoisotopic (exact) mass is 387 g/mol. The molecule has 0 aliphatic carbocycles. The van der Waals surface area contributed by atoms with E-state index in [1.54, 1.807) is 14.2 Å². The van der Waals surface area contributed by atoms with E-state index in [1.807, 2.05) is 12.1 Å². The van der Waals surface area contributed by atoms with Crippen LogP contribution in [0.3, 0.4) is 0 Å². The van der Waals surface area contributed by atoms with Gasteiger partial charge in [-0.25, -0.2) is 0 Å². The van der Waals surface area contributed by atoms with E-state index in [9.17, 15) is 0 Å². The van der Waals surface area contributed by atoms with Gasteiger partial charge in [-0.15, -0.1) is 0 Å². The van der Waals surface area contributed by atoms with Gasteiger partial charge in [-0.05, 0) is 38.2 Å². The maximum Gasteiger partial charge on any atom is 0.191 e. The van der Waals surface area contributed by atoms with Crippen LogP contribution in [-0.2, 0) is 19.4 Å². The number of hydrogen-bond donors (Lipinski definition) is 2. The number of hydrogen-bond acceptors (Lipinski definition) is 5. The third kappa shape index (κ3) is 5.48. The summed E-state index contributed by atoms with van der Waals surface area (Å²) in [4.78, 5) is 6.54. The number of aryl methyl sites for hydroxylation is 2. The van der Waals surface area contributed by atoms with Crippen molar-refractivity contribution in [2.75, 3.05) is 34.8 Å². The van der Waals surface area contributed by atoms with Crippen molar-refractivity contribution in [3.05, 3.63) is 46.8 Å². The van der Waals surface area contributed by atoms with E-state index in [-0.39, 0.29) is 6.04 Å². The Labute approximate surface area is 168 Å². The molecule has 0 amide bonds. The maximum atomic E-state index is 5.44. The molecule has 28 heavy (non-hydrogen) atoms. The summed E-state index contributed by atoms with van der Waals surface area (Å²) >= 11 is 0. The molecule has 154 valence electrons. The van der Waals surface area contributed by atoms with E-state index in [1.165, 1.54) is 5.56 Å². The first-order valence-corrected chi connectivity index (χ1v) is 9.75. The highest BCUT2D eigenvalue weighted by molar-refractivity contribution is 5.79. The largest absolute Gasteiger partial charge is 0.497 e. The van der Waals surface area contributed by atoms with Gasteiger partial charge in [0.25, 0.3) is 0 Å². The minimum absolute atomic E-state index is 0.206. The number of benzene rings is 1. The van der Waals surface area contributed by atoms with Gasteiger partial charge in [0, 0.05) is 32.1 Å². The summed E-state index contributed by atoms with van der Waals surface area (Å²) in [5.41, 5.74) is 3.35. The zero-order valence-corrected chi connectivity index (χ0v) is 17.9. The number of ether oxygens (including phenoxy) is 1. The van der Waals surface area contributed by atoms with Crippen molar-refractivity contribution >= 4 is 5.96 Å². The predicted molar refractivity (Wildman–Crippen MR) is 113 cm³/mol. The number of rotatable bonds is 9. The van der Waals surface area contributed by atoms with E-state index in [4.69, 9.17) is 9.26 Å². The molecule has 1 atom stereocenters. The summed E-state index contributed by atoms with van der Waals surface area (Å²) in [6.45, 7) is 5.53. The molecule has 1 unspecified atom stereocenters. The van der Waals surface area contributed by atoms with Gasteiger partial charge in [-0.1, -0.05) is 31.1 Å². The Bertz CT molecular complexity index is 731. The lowest BCUT2D eigenvalue weighted by Crippen LogP contribution is -2.41. The molecule has 0 spiro atoms. The number of nitrogens with one attached hydrogen (secondary N) is 2. The average molecular weight is 388 g/mol. The van der Waals surface area contributed by atoms with Crippen LogP contribution in [0.25, 0.3) is 0 Å². The van der Waals surface area contributed by atoms with Crippen molar-refractivity contribution in [2.45, 2.75) is 39.3 Å². The van der Waals surface area contributed by atoms with Gasteiger partial charge < -0.3 is 24.8 Å². The predicted octanol–water partition coefficient (Wildman–Crippen LogP) is 2.78. The van der Waals surface area contributed by atoms with Crippen molar-refractivity contribution in [3.8, 4) is 5.75 Å². The fraction of sp³-hybridized carbons (Fsp3) is 0.524. The highest BCUT2D eigenvalue weighted by Crippen LogP contribution is 2.20. The number of likely N-dealkylation sites (N-methyl/N-ethyl adjacent to an activating group) is 1. The molecule has 2 aromatic rings. The van der Waals surface area contributed by atoms with Crippen LogP contribution >= 0.6 is 0 Å². The first-order chi connectivity index (χ1) is 13.5. The molecule has 0 saturated carbocycles. The highest BCUT2D eigenvalue weighted by atomic mass is 16.5.